The van der Waals surface area contributed by atoms with Crippen LogP contribution in [0.2, 0.25) is 0 Å². The zero-order valence-electron chi connectivity index (χ0n) is 15.5. The number of aromatic hydroxyl groups is 1. The van der Waals surface area contributed by atoms with E-state index in [1.807, 2.05) is 13.8 Å². The number of fused-ring (bicyclic) bond motifs is 1. The summed E-state index contributed by atoms with van der Waals surface area (Å²) < 4.78 is 11.6. The molecule has 2 aliphatic rings. The second kappa shape index (κ2) is 6.52. The van der Waals surface area contributed by atoms with Gasteiger partial charge < -0.3 is 19.7 Å². The van der Waals surface area contributed by atoms with Crippen LogP contribution >= 0.6 is 0 Å². The highest BCUT2D eigenvalue weighted by atomic mass is 16.5. The molecule has 0 unspecified atom stereocenters. The van der Waals surface area contributed by atoms with Crippen molar-refractivity contribution >= 4 is 5.97 Å². The molecule has 0 aliphatic carbocycles. The van der Waals surface area contributed by atoms with E-state index in [1.165, 1.54) is 0 Å². The van der Waals surface area contributed by atoms with Gasteiger partial charge in [-0.2, -0.15) is 0 Å². The quantitative estimate of drug-likeness (QED) is 0.821. The number of carbonyl (C=O) groups excluding carboxylic acids is 1. The summed E-state index contributed by atoms with van der Waals surface area (Å²) in [4.78, 5) is 11.5. The minimum Gasteiger partial charge on any atom is -0.507 e. The first-order valence-corrected chi connectivity index (χ1v) is 9.08. The Bertz CT molecular complexity index is 692. The van der Waals surface area contributed by atoms with E-state index in [0.717, 1.165) is 40.8 Å². The third kappa shape index (κ3) is 3.61. The number of hydrogen-bond donors (Lipinski definition) is 2. The van der Waals surface area contributed by atoms with E-state index < -0.39 is 6.10 Å². The molecule has 2 heterocycles. The van der Waals surface area contributed by atoms with Gasteiger partial charge in [0, 0.05) is 17.5 Å². The van der Waals surface area contributed by atoms with Crippen molar-refractivity contribution in [3.05, 3.63) is 22.3 Å². The molecule has 0 bridgehead atoms. The number of benzene rings is 1. The van der Waals surface area contributed by atoms with Gasteiger partial charge in [-0.25, -0.2) is 0 Å². The van der Waals surface area contributed by atoms with E-state index in [1.54, 1.807) is 0 Å². The van der Waals surface area contributed by atoms with Crippen molar-refractivity contribution in [3.63, 3.8) is 0 Å². The fraction of sp³-hybridized carbons (Fsp3) is 0.650. The number of rotatable bonds is 3. The SMILES string of the molecule is Cc1c(C)c2c(c(CC[C@@H]3C[C@@H](O)CC(=O)O3)c1O)CCC(C)(C)O2. The molecule has 5 heteroatoms. The zero-order valence-corrected chi connectivity index (χ0v) is 15.5. The summed E-state index contributed by atoms with van der Waals surface area (Å²) >= 11 is 0. The molecular formula is C20H28O5. The van der Waals surface area contributed by atoms with Crippen LogP contribution in [0.1, 0.15) is 61.8 Å². The Morgan fingerprint density at radius 2 is 1.96 bits per heavy atom. The number of phenolic OH excluding ortho intramolecular Hbond substituents is 1. The van der Waals surface area contributed by atoms with Crippen LogP contribution in [-0.4, -0.2) is 34.0 Å². The predicted molar refractivity (Wildman–Crippen MR) is 94.1 cm³/mol. The molecule has 0 radical (unpaired) electrons. The third-order valence-electron chi connectivity index (χ3n) is 5.49. The minimum atomic E-state index is -0.627. The molecule has 2 aliphatic heterocycles. The van der Waals surface area contributed by atoms with Gasteiger partial charge in [-0.05, 0) is 64.5 Å². The monoisotopic (exact) mass is 348 g/mol. The lowest BCUT2D eigenvalue weighted by Crippen LogP contribution is -2.34. The molecule has 3 rings (SSSR count). The fourth-order valence-electron chi connectivity index (χ4n) is 3.85. The first-order valence-electron chi connectivity index (χ1n) is 9.08. The minimum absolute atomic E-state index is 0.0731. The summed E-state index contributed by atoms with van der Waals surface area (Å²) in [5.41, 5.74) is 3.59. The lowest BCUT2D eigenvalue weighted by molar-refractivity contribution is -0.160. The number of phenols is 1. The van der Waals surface area contributed by atoms with Gasteiger partial charge in [0.2, 0.25) is 0 Å². The average Bonchev–Trinajstić information content (AvgIpc) is 2.52. The number of esters is 1. The van der Waals surface area contributed by atoms with Gasteiger partial charge in [0.05, 0.1) is 12.5 Å². The zero-order chi connectivity index (χ0) is 18.4. The number of cyclic esters (lactones) is 1. The standard InChI is InChI=1S/C20H28O5/c1-11-12(2)19-16(7-8-20(3,4)25-19)15(18(11)23)6-5-14-9-13(21)10-17(22)24-14/h13-14,21,23H,5-10H2,1-4H3/t13-,14-/m1/s1. The molecule has 0 spiro atoms. The second-order valence-electron chi connectivity index (χ2n) is 7.99. The predicted octanol–water partition coefficient (Wildman–Crippen LogP) is 3.11. The van der Waals surface area contributed by atoms with Gasteiger partial charge in [0.25, 0.3) is 0 Å². The molecule has 5 nitrogen and oxygen atoms in total. The number of aliphatic hydroxyl groups is 1. The van der Waals surface area contributed by atoms with E-state index in [0.29, 0.717) is 25.0 Å². The van der Waals surface area contributed by atoms with Gasteiger partial charge >= 0.3 is 5.97 Å². The maximum absolute atomic E-state index is 11.5. The summed E-state index contributed by atoms with van der Waals surface area (Å²) in [6, 6.07) is 0. The Kier molecular flexibility index (Phi) is 4.71. The normalized spacial score (nSPS) is 25.1. The van der Waals surface area contributed by atoms with Crippen molar-refractivity contribution in [2.24, 2.45) is 0 Å². The lowest BCUT2D eigenvalue weighted by Gasteiger charge is -2.36. The van der Waals surface area contributed by atoms with Crippen LogP contribution in [-0.2, 0) is 22.4 Å². The maximum Gasteiger partial charge on any atom is 0.308 e. The molecule has 138 valence electrons. The van der Waals surface area contributed by atoms with Crippen molar-refractivity contribution in [2.75, 3.05) is 0 Å². The first kappa shape index (κ1) is 18.1. The summed E-state index contributed by atoms with van der Waals surface area (Å²) in [6.45, 7) is 8.06. The highest BCUT2D eigenvalue weighted by Crippen LogP contribution is 2.44. The fourth-order valence-corrected chi connectivity index (χ4v) is 3.85. The van der Waals surface area contributed by atoms with Crippen molar-refractivity contribution in [3.8, 4) is 11.5 Å². The summed E-state index contributed by atoms with van der Waals surface area (Å²) in [7, 11) is 0. The van der Waals surface area contributed by atoms with Gasteiger partial charge in [0.1, 0.15) is 23.2 Å². The number of ether oxygens (including phenoxy) is 2. The van der Waals surface area contributed by atoms with Crippen LogP contribution in [0.4, 0.5) is 0 Å². The van der Waals surface area contributed by atoms with E-state index in [9.17, 15) is 15.0 Å². The number of aliphatic hydroxyl groups excluding tert-OH is 1. The lowest BCUT2D eigenvalue weighted by atomic mass is 9.85. The van der Waals surface area contributed by atoms with Crippen LogP contribution in [0.3, 0.4) is 0 Å². The van der Waals surface area contributed by atoms with Crippen molar-refractivity contribution in [1.82, 2.24) is 0 Å². The molecule has 1 aromatic carbocycles. The Hall–Kier alpha value is -1.75. The molecular weight excluding hydrogens is 320 g/mol. The smallest absolute Gasteiger partial charge is 0.308 e. The molecule has 1 aromatic rings. The Labute approximate surface area is 149 Å². The van der Waals surface area contributed by atoms with Crippen molar-refractivity contribution in [1.29, 1.82) is 0 Å². The Balaban J connectivity index is 1.86. The van der Waals surface area contributed by atoms with E-state index in [-0.39, 0.29) is 24.1 Å². The van der Waals surface area contributed by atoms with E-state index >= 15 is 0 Å². The van der Waals surface area contributed by atoms with Crippen LogP contribution in [0, 0.1) is 13.8 Å². The summed E-state index contributed by atoms with van der Waals surface area (Å²) in [6.07, 6.45) is 2.56. The van der Waals surface area contributed by atoms with Crippen molar-refractivity contribution in [2.45, 2.75) is 84.0 Å². The van der Waals surface area contributed by atoms with Crippen LogP contribution in [0.25, 0.3) is 0 Å². The van der Waals surface area contributed by atoms with Crippen LogP contribution < -0.4 is 4.74 Å². The number of hydrogen-bond acceptors (Lipinski definition) is 5. The highest BCUT2D eigenvalue weighted by Gasteiger charge is 2.33. The highest BCUT2D eigenvalue weighted by molar-refractivity contribution is 5.71. The van der Waals surface area contributed by atoms with E-state index in [2.05, 4.69) is 13.8 Å². The third-order valence-corrected chi connectivity index (χ3v) is 5.49. The molecule has 2 N–H and O–H groups in total. The van der Waals surface area contributed by atoms with Crippen molar-refractivity contribution < 1.29 is 24.5 Å². The topological polar surface area (TPSA) is 76.0 Å². The largest absolute Gasteiger partial charge is 0.507 e. The van der Waals surface area contributed by atoms with Gasteiger partial charge in [-0.15, -0.1) is 0 Å². The van der Waals surface area contributed by atoms with Crippen LogP contribution in [0.15, 0.2) is 0 Å². The Morgan fingerprint density at radius 3 is 2.64 bits per heavy atom. The molecule has 2 atom stereocenters. The maximum atomic E-state index is 11.5. The second-order valence-corrected chi connectivity index (χ2v) is 7.99. The molecule has 0 aromatic heterocycles. The summed E-state index contributed by atoms with van der Waals surface area (Å²) in [5.74, 6) is 0.865. The molecule has 25 heavy (non-hydrogen) atoms. The molecule has 1 fully saturated rings. The first-order chi connectivity index (χ1) is 11.7. The summed E-state index contributed by atoms with van der Waals surface area (Å²) in [5, 5.41) is 20.4. The molecule has 0 saturated carbocycles. The van der Waals surface area contributed by atoms with Gasteiger partial charge in [-0.1, -0.05) is 0 Å². The molecule has 0 amide bonds. The van der Waals surface area contributed by atoms with Crippen LogP contribution in [0.5, 0.6) is 11.5 Å². The molecule has 1 saturated heterocycles. The van der Waals surface area contributed by atoms with Gasteiger partial charge in [0.15, 0.2) is 0 Å². The number of carbonyl (C=O) groups is 1. The average molecular weight is 348 g/mol. The van der Waals surface area contributed by atoms with Gasteiger partial charge in [-0.3, -0.25) is 4.79 Å². The Morgan fingerprint density at radius 1 is 1.24 bits per heavy atom. The van der Waals surface area contributed by atoms with E-state index in [4.69, 9.17) is 9.47 Å².